The molecule has 1 aliphatic rings. The van der Waals surface area contributed by atoms with Gasteiger partial charge in [-0.1, -0.05) is 6.92 Å². The first kappa shape index (κ1) is 18.2. The van der Waals surface area contributed by atoms with Crippen molar-refractivity contribution in [3.05, 3.63) is 12.1 Å². The van der Waals surface area contributed by atoms with Crippen LogP contribution in [-0.2, 0) is 0 Å². The molecule has 0 amide bonds. The fourth-order valence-corrected chi connectivity index (χ4v) is 1.88. The fraction of sp³-hybridized carbons (Fsp3) is 0.800. The Morgan fingerprint density at radius 2 is 1.59 bits per heavy atom. The summed E-state index contributed by atoms with van der Waals surface area (Å²) in [5.41, 5.74) is -0.580. The van der Waals surface area contributed by atoms with E-state index in [0.29, 0.717) is 13.1 Å². The van der Waals surface area contributed by atoms with Gasteiger partial charge >= 0.3 is 58.4 Å². The van der Waals surface area contributed by atoms with Crippen LogP contribution in [0.5, 0.6) is 0 Å². The number of halogens is 3. The molecule has 0 aromatic carbocycles. The molecule has 1 heterocycles. The van der Waals surface area contributed by atoms with Gasteiger partial charge in [0.2, 0.25) is 0 Å². The molecule has 7 heteroatoms. The third kappa shape index (κ3) is 6.75. The van der Waals surface area contributed by atoms with Crippen LogP contribution in [0.25, 0.3) is 0 Å². The summed E-state index contributed by atoms with van der Waals surface area (Å²) in [5, 5.41) is 0. The second-order valence-corrected chi connectivity index (χ2v) is 4.35. The van der Waals surface area contributed by atoms with E-state index in [2.05, 4.69) is 18.4 Å². The van der Waals surface area contributed by atoms with E-state index in [9.17, 15) is 12.9 Å². The molecule has 1 fully saturated rings. The summed E-state index contributed by atoms with van der Waals surface area (Å²) in [6, 6.07) is 0. The van der Waals surface area contributed by atoms with E-state index in [4.69, 9.17) is 0 Å². The maximum atomic E-state index is 12.3. The first-order valence-electron chi connectivity index (χ1n) is 5.75. The normalized spacial score (nSPS) is 18.8. The summed E-state index contributed by atoms with van der Waals surface area (Å²) in [7, 11) is 0. The van der Waals surface area contributed by atoms with Gasteiger partial charge in [-0.15, -0.1) is 12.1 Å². The van der Waals surface area contributed by atoms with E-state index in [1.165, 1.54) is 0 Å². The number of hydrogen-bond donors (Lipinski definition) is 0. The summed E-state index contributed by atoms with van der Waals surface area (Å²) >= 11 is 0. The maximum Gasteiger partial charge on any atom is 1.00 e. The molecule has 0 atom stereocenters. The van der Waals surface area contributed by atoms with Crippen molar-refractivity contribution in [2.75, 3.05) is 39.3 Å². The smallest absolute Gasteiger partial charge is 0.445 e. The Hall–Kier alpha value is 1.15. The topological polar surface area (TPSA) is 6.48 Å². The predicted molar refractivity (Wildman–Crippen MR) is 61.4 cm³/mol. The average molecular weight is 274 g/mol. The van der Waals surface area contributed by atoms with Crippen molar-refractivity contribution in [2.45, 2.75) is 13.3 Å². The first-order chi connectivity index (χ1) is 7.43. The molecule has 1 saturated heterocycles. The van der Waals surface area contributed by atoms with Crippen molar-refractivity contribution in [3.8, 4) is 0 Å². The van der Waals surface area contributed by atoms with Gasteiger partial charge in [0.25, 0.3) is 0 Å². The number of rotatable bonds is 5. The Bertz CT molecular complexity index is 240. The van der Waals surface area contributed by atoms with Gasteiger partial charge in [-0.2, -0.15) is 0 Å². The van der Waals surface area contributed by atoms with E-state index in [1.54, 1.807) is 0 Å². The van der Waals surface area contributed by atoms with Crippen LogP contribution < -0.4 is 51.4 Å². The minimum Gasteiger partial charge on any atom is -0.445 e. The Kier molecular flexibility index (Phi) is 8.91. The third-order valence-electron chi connectivity index (χ3n) is 2.89. The van der Waals surface area contributed by atoms with Crippen LogP contribution in [0.15, 0.2) is 12.1 Å². The second kappa shape index (κ2) is 8.35. The quantitative estimate of drug-likeness (QED) is 0.591. The Labute approximate surface area is 144 Å². The van der Waals surface area contributed by atoms with Gasteiger partial charge in [0.05, 0.1) is 0 Å². The van der Waals surface area contributed by atoms with Crippen LogP contribution in [0.2, 0.25) is 0 Å². The molecular weight excluding hydrogens is 255 g/mol. The molecule has 0 aliphatic carbocycles. The zero-order valence-corrected chi connectivity index (χ0v) is 13.9. The van der Waals surface area contributed by atoms with Gasteiger partial charge < -0.3 is 17.8 Å². The molecule has 1 rings (SSSR count). The SMILES string of the molecule is C=C(CN1CCN(CCC)CC1)[B-](F)(F)F.[K+]. The van der Waals surface area contributed by atoms with E-state index in [-0.39, 0.29) is 57.9 Å². The summed E-state index contributed by atoms with van der Waals surface area (Å²) in [5.74, 6) is 0. The average Bonchev–Trinajstić information content (AvgIpc) is 2.20. The molecule has 0 unspecified atom stereocenters. The molecular formula is C10H19BF3KN2. The predicted octanol–water partition coefficient (Wildman–Crippen LogP) is -1.04. The van der Waals surface area contributed by atoms with Crippen LogP contribution >= 0.6 is 0 Å². The summed E-state index contributed by atoms with van der Waals surface area (Å²) in [6.45, 7) is 4.54. The Morgan fingerprint density at radius 1 is 1.12 bits per heavy atom. The molecule has 0 aromatic rings. The van der Waals surface area contributed by atoms with Gasteiger partial charge in [0, 0.05) is 26.2 Å². The largest absolute Gasteiger partial charge is 1.00 e. The molecule has 0 spiro atoms. The summed E-state index contributed by atoms with van der Waals surface area (Å²) in [6.07, 6.45) is 1.10. The van der Waals surface area contributed by atoms with Crippen molar-refractivity contribution in [2.24, 2.45) is 0 Å². The zero-order chi connectivity index (χ0) is 12.2. The van der Waals surface area contributed by atoms with Gasteiger partial charge in [0.1, 0.15) is 0 Å². The number of hydrogen-bond acceptors (Lipinski definition) is 2. The number of nitrogens with zero attached hydrogens (tertiary/aromatic N) is 2. The van der Waals surface area contributed by atoms with Crippen LogP contribution in [0.4, 0.5) is 12.9 Å². The Balaban J connectivity index is 0.00000256. The first-order valence-corrected chi connectivity index (χ1v) is 5.75. The molecule has 17 heavy (non-hydrogen) atoms. The van der Waals surface area contributed by atoms with Crippen molar-refractivity contribution in [1.82, 2.24) is 9.80 Å². The molecule has 94 valence electrons. The van der Waals surface area contributed by atoms with E-state index >= 15 is 0 Å². The Morgan fingerprint density at radius 3 is 2.00 bits per heavy atom. The van der Waals surface area contributed by atoms with Crippen LogP contribution in [0.1, 0.15) is 13.3 Å². The van der Waals surface area contributed by atoms with E-state index < -0.39 is 12.4 Å². The van der Waals surface area contributed by atoms with Gasteiger partial charge in [-0.05, 0) is 19.5 Å². The molecule has 0 aromatic heterocycles. The minimum absolute atomic E-state index is 0. The zero-order valence-electron chi connectivity index (χ0n) is 10.8. The summed E-state index contributed by atoms with van der Waals surface area (Å²) in [4.78, 5) is 4.13. The van der Waals surface area contributed by atoms with Crippen molar-refractivity contribution in [3.63, 3.8) is 0 Å². The van der Waals surface area contributed by atoms with Crippen LogP contribution in [-0.4, -0.2) is 56.0 Å². The molecule has 0 radical (unpaired) electrons. The molecule has 0 bridgehead atoms. The standard InChI is InChI=1S/C10H19BF3N2.K/c1-3-4-15-5-7-16(8-6-15)9-10(2)11(12,13)14;/h2-9H2,1H3;/q-1;+1. The van der Waals surface area contributed by atoms with Gasteiger partial charge in [-0.3, -0.25) is 4.90 Å². The van der Waals surface area contributed by atoms with Gasteiger partial charge in [0.15, 0.2) is 0 Å². The van der Waals surface area contributed by atoms with Crippen molar-refractivity contribution in [1.29, 1.82) is 0 Å². The molecule has 2 nitrogen and oxygen atoms in total. The summed E-state index contributed by atoms with van der Waals surface area (Å²) < 4.78 is 37.0. The van der Waals surface area contributed by atoms with Crippen LogP contribution in [0, 0.1) is 0 Å². The van der Waals surface area contributed by atoms with Crippen molar-refractivity contribution < 1.29 is 64.3 Å². The van der Waals surface area contributed by atoms with Gasteiger partial charge in [-0.25, -0.2) is 0 Å². The van der Waals surface area contributed by atoms with Crippen LogP contribution in [0.3, 0.4) is 0 Å². The monoisotopic (exact) mass is 274 g/mol. The maximum absolute atomic E-state index is 12.3. The van der Waals surface area contributed by atoms with E-state index in [0.717, 1.165) is 26.1 Å². The molecule has 0 N–H and O–H groups in total. The third-order valence-corrected chi connectivity index (χ3v) is 2.89. The second-order valence-electron chi connectivity index (χ2n) is 4.35. The molecule has 1 aliphatic heterocycles. The minimum atomic E-state index is -4.87. The molecule has 0 saturated carbocycles. The number of piperazine rings is 1. The van der Waals surface area contributed by atoms with Crippen molar-refractivity contribution >= 4 is 6.98 Å². The van der Waals surface area contributed by atoms with E-state index in [1.807, 2.05) is 4.90 Å². The fourth-order valence-electron chi connectivity index (χ4n) is 1.88.